The largest absolute Gasteiger partial charge is 0.0710 e. The van der Waals surface area contributed by atoms with Gasteiger partial charge >= 0.3 is 0 Å². The van der Waals surface area contributed by atoms with Gasteiger partial charge in [0, 0.05) is 0 Å². The van der Waals surface area contributed by atoms with E-state index in [0.717, 1.165) is 0 Å². The Hall–Kier alpha value is -0.260. The van der Waals surface area contributed by atoms with E-state index in [0.29, 0.717) is 0 Å². The Morgan fingerprint density at radius 1 is 0.455 bits per heavy atom. The molecule has 0 unspecified atom stereocenters. The van der Waals surface area contributed by atoms with Gasteiger partial charge in [-0.3, -0.25) is 0 Å². The van der Waals surface area contributed by atoms with Crippen LogP contribution < -0.4 is 0 Å². The SMILES string of the molecule is C1CCC2=C(CC1)CCCC2. The van der Waals surface area contributed by atoms with Crippen LogP contribution in [0.5, 0.6) is 0 Å². The van der Waals surface area contributed by atoms with Crippen molar-refractivity contribution in [2.45, 2.75) is 57.8 Å². The molecule has 0 aromatic heterocycles. The van der Waals surface area contributed by atoms with Crippen LogP contribution in [0.15, 0.2) is 11.1 Å². The van der Waals surface area contributed by atoms with E-state index in [-0.39, 0.29) is 0 Å². The van der Waals surface area contributed by atoms with Crippen LogP contribution in [0.1, 0.15) is 57.8 Å². The smallest absolute Gasteiger partial charge is 0.0318 e. The summed E-state index contributed by atoms with van der Waals surface area (Å²) in [6.45, 7) is 0. The van der Waals surface area contributed by atoms with Crippen molar-refractivity contribution in [1.82, 2.24) is 0 Å². The maximum Gasteiger partial charge on any atom is -0.0318 e. The monoisotopic (exact) mass is 150 g/mol. The zero-order chi connectivity index (χ0) is 7.52. The molecule has 0 saturated heterocycles. The van der Waals surface area contributed by atoms with E-state index < -0.39 is 0 Å². The van der Waals surface area contributed by atoms with Crippen molar-refractivity contribution in [3.05, 3.63) is 11.1 Å². The van der Waals surface area contributed by atoms with Gasteiger partial charge in [0.05, 0.1) is 0 Å². The highest BCUT2D eigenvalue weighted by molar-refractivity contribution is 5.18. The lowest BCUT2D eigenvalue weighted by Gasteiger charge is -2.17. The maximum atomic E-state index is 1.86. The van der Waals surface area contributed by atoms with E-state index in [1.807, 2.05) is 11.1 Å². The highest BCUT2D eigenvalue weighted by atomic mass is 14.2. The Kier molecular flexibility index (Phi) is 2.30. The molecular formula is C11H18. The summed E-state index contributed by atoms with van der Waals surface area (Å²) >= 11 is 0. The fourth-order valence-corrected chi connectivity index (χ4v) is 2.49. The van der Waals surface area contributed by atoms with Gasteiger partial charge in [-0.2, -0.15) is 0 Å². The van der Waals surface area contributed by atoms with E-state index in [2.05, 4.69) is 0 Å². The van der Waals surface area contributed by atoms with E-state index in [4.69, 9.17) is 0 Å². The van der Waals surface area contributed by atoms with Crippen molar-refractivity contribution in [3.8, 4) is 0 Å². The van der Waals surface area contributed by atoms with Gasteiger partial charge in [0.2, 0.25) is 0 Å². The van der Waals surface area contributed by atoms with Gasteiger partial charge < -0.3 is 0 Å². The summed E-state index contributed by atoms with van der Waals surface area (Å²) in [6.07, 6.45) is 13.1. The molecule has 0 heteroatoms. The minimum Gasteiger partial charge on any atom is -0.0710 e. The Morgan fingerprint density at radius 2 is 0.818 bits per heavy atom. The number of allylic oxidation sites excluding steroid dienone is 2. The van der Waals surface area contributed by atoms with Gasteiger partial charge in [-0.25, -0.2) is 0 Å². The van der Waals surface area contributed by atoms with Crippen LogP contribution in [0.3, 0.4) is 0 Å². The van der Waals surface area contributed by atoms with Crippen LogP contribution >= 0.6 is 0 Å². The molecule has 62 valence electrons. The summed E-state index contributed by atoms with van der Waals surface area (Å²) in [6, 6.07) is 0. The van der Waals surface area contributed by atoms with E-state index >= 15 is 0 Å². The molecule has 0 atom stereocenters. The van der Waals surface area contributed by atoms with Gasteiger partial charge in [0.25, 0.3) is 0 Å². The third-order valence-electron chi connectivity index (χ3n) is 3.16. The van der Waals surface area contributed by atoms with Crippen molar-refractivity contribution < 1.29 is 0 Å². The molecule has 0 saturated carbocycles. The van der Waals surface area contributed by atoms with E-state index in [1.54, 1.807) is 0 Å². The predicted octanol–water partition coefficient (Wildman–Crippen LogP) is 3.82. The summed E-state index contributed by atoms with van der Waals surface area (Å²) in [5, 5.41) is 0. The van der Waals surface area contributed by atoms with Crippen molar-refractivity contribution in [2.75, 3.05) is 0 Å². The minimum atomic E-state index is 1.44. The van der Waals surface area contributed by atoms with E-state index in [9.17, 15) is 0 Å². The van der Waals surface area contributed by atoms with Crippen LogP contribution in [0, 0.1) is 0 Å². The molecule has 0 aliphatic heterocycles. The summed E-state index contributed by atoms with van der Waals surface area (Å²) in [7, 11) is 0. The molecule has 0 spiro atoms. The first-order valence-electron chi connectivity index (χ1n) is 5.16. The van der Waals surface area contributed by atoms with Gasteiger partial charge in [-0.15, -0.1) is 0 Å². The Bertz CT molecular complexity index is 147. The molecule has 11 heavy (non-hydrogen) atoms. The molecule has 0 fully saturated rings. The number of hydrogen-bond donors (Lipinski definition) is 0. The lowest BCUT2D eigenvalue weighted by molar-refractivity contribution is 0.640. The summed E-state index contributed by atoms with van der Waals surface area (Å²) in [5.41, 5.74) is 3.71. The summed E-state index contributed by atoms with van der Waals surface area (Å²) in [5.74, 6) is 0. The standard InChI is InChI=1S/C11H18/c1-2-6-10-8-4-5-9-11(10)7-3-1/h1-9H2. The third kappa shape index (κ3) is 1.66. The Morgan fingerprint density at radius 3 is 1.27 bits per heavy atom. The second kappa shape index (κ2) is 3.42. The first-order valence-corrected chi connectivity index (χ1v) is 5.16. The maximum absolute atomic E-state index is 1.86. The fraction of sp³-hybridized carbons (Fsp3) is 0.818. The average Bonchev–Trinajstić information content (AvgIpc) is 2.28. The lowest BCUT2D eigenvalue weighted by atomic mass is 9.89. The molecule has 2 aliphatic rings. The second-order valence-electron chi connectivity index (χ2n) is 3.97. The van der Waals surface area contributed by atoms with Crippen LogP contribution in [0.2, 0.25) is 0 Å². The zero-order valence-corrected chi connectivity index (χ0v) is 7.36. The first kappa shape index (κ1) is 7.39. The molecule has 2 rings (SSSR count). The highest BCUT2D eigenvalue weighted by Crippen LogP contribution is 2.33. The molecule has 2 aliphatic carbocycles. The molecule has 0 aromatic rings. The van der Waals surface area contributed by atoms with Crippen LogP contribution in [0.25, 0.3) is 0 Å². The fourth-order valence-electron chi connectivity index (χ4n) is 2.49. The molecular weight excluding hydrogens is 132 g/mol. The van der Waals surface area contributed by atoms with Gasteiger partial charge in [0.15, 0.2) is 0 Å². The zero-order valence-electron chi connectivity index (χ0n) is 7.36. The van der Waals surface area contributed by atoms with Gasteiger partial charge in [0.1, 0.15) is 0 Å². The number of hydrogen-bond acceptors (Lipinski definition) is 0. The van der Waals surface area contributed by atoms with Crippen molar-refractivity contribution >= 4 is 0 Å². The minimum absolute atomic E-state index is 1.44. The molecule has 0 nitrogen and oxygen atoms in total. The molecule has 0 radical (unpaired) electrons. The number of rotatable bonds is 0. The summed E-state index contributed by atoms with van der Waals surface area (Å²) in [4.78, 5) is 0. The Labute approximate surface area is 69.7 Å². The highest BCUT2D eigenvalue weighted by Gasteiger charge is 2.14. The quantitative estimate of drug-likeness (QED) is 0.460. The third-order valence-corrected chi connectivity index (χ3v) is 3.16. The first-order chi connectivity index (χ1) is 5.47. The van der Waals surface area contributed by atoms with Crippen LogP contribution in [-0.4, -0.2) is 0 Å². The van der Waals surface area contributed by atoms with Gasteiger partial charge in [-0.1, -0.05) is 17.6 Å². The average molecular weight is 150 g/mol. The summed E-state index contributed by atoms with van der Waals surface area (Å²) < 4.78 is 0. The van der Waals surface area contributed by atoms with Crippen molar-refractivity contribution in [1.29, 1.82) is 0 Å². The molecule has 0 heterocycles. The molecule has 0 amide bonds. The van der Waals surface area contributed by atoms with Crippen LogP contribution in [0.4, 0.5) is 0 Å². The van der Waals surface area contributed by atoms with Crippen molar-refractivity contribution in [2.24, 2.45) is 0 Å². The van der Waals surface area contributed by atoms with Gasteiger partial charge in [-0.05, 0) is 51.4 Å². The molecule has 0 bridgehead atoms. The van der Waals surface area contributed by atoms with E-state index in [1.165, 1.54) is 57.8 Å². The predicted molar refractivity (Wildman–Crippen MR) is 48.6 cm³/mol. The normalized spacial score (nSPS) is 26.2. The molecule has 0 N–H and O–H groups in total. The topological polar surface area (TPSA) is 0 Å². The van der Waals surface area contributed by atoms with Crippen LogP contribution in [-0.2, 0) is 0 Å². The lowest BCUT2D eigenvalue weighted by Crippen LogP contribution is -1.97. The Balaban J connectivity index is 2.10. The second-order valence-corrected chi connectivity index (χ2v) is 3.97. The molecule has 0 aromatic carbocycles. The van der Waals surface area contributed by atoms with Crippen molar-refractivity contribution in [3.63, 3.8) is 0 Å².